The molecule has 2 heterocycles. The molecule has 1 aromatic rings. The van der Waals surface area contributed by atoms with Crippen LogP contribution in [0.15, 0.2) is 0 Å². The molecule has 7 nitrogen and oxygen atoms in total. The summed E-state index contributed by atoms with van der Waals surface area (Å²) in [4.78, 5) is 15.3. The van der Waals surface area contributed by atoms with Gasteiger partial charge in [0, 0.05) is 19.6 Å². The predicted molar refractivity (Wildman–Crippen MR) is 79.0 cm³/mol. The Morgan fingerprint density at radius 3 is 2.29 bits per heavy atom. The molecule has 0 aromatic carbocycles. The van der Waals surface area contributed by atoms with Gasteiger partial charge in [-0.1, -0.05) is 19.3 Å². The van der Waals surface area contributed by atoms with Crippen molar-refractivity contribution in [3.8, 4) is 12.0 Å². The topological polar surface area (TPSA) is 72.4 Å². The summed E-state index contributed by atoms with van der Waals surface area (Å²) in [6.07, 6.45) is 6.20. The van der Waals surface area contributed by atoms with Gasteiger partial charge in [0.25, 0.3) is 0 Å². The van der Waals surface area contributed by atoms with E-state index in [1.807, 2.05) is 0 Å². The molecular formula is C14H23N5O2. The number of piperazine rings is 1. The van der Waals surface area contributed by atoms with Crippen molar-refractivity contribution in [2.45, 2.75) is 37.6 Å². The minimum Gasteiger partial charge on any atom is -0.467 e. The van der Waals surface area contributed by atoms with Crippen molar-refractivity contribution in [2.24, 2.45) is 0 Å². The lowest BCUT2D eigenvalue weighted by Gasteiger charge is -2.49. The van der Waals surface area contributed by atoms with E-state index in [-0.39, 0.29) is 5.54 Å². The number of anilines is 1. The Morgan fingerprint density at radius 1 is 1.00 bits per heavy atom. The Morgan fingerprint density at radius 2 is 1.67 bits per heavy atom. The number of ether oxygens (including phenoxy) is 2. The van der Waals surface area contributed by atoms with Crippen molar-refractivity contribution >= 4 is 5.95 Å². The van der Waals surface area contributed by atoms with Crippen LogP contribution in [0.25, 0.3) is 0 Å². The molecule has 1 aliphatic carbocycles. The monoisotopic (exact) mass is 293 g/mol. The first-order valence-corrected chi connectivity index (χ1v) is 7.60. The smallest absolute Gasteiger partial charge is 0.324 e. The zero-order valence-electron chi connectivity index (χ0n) is 12.8. The molecule has 0 atom stereocenters. The zero-order valence-corrected chi connectivity index (χ0v) is 12.8. The molecule has 0 unspecified atom stereocenters. The van der Waals surface area contributed by atoms with Crippen molar-refractivity contribution in [3.05, 3.63) is 0 Å². The molecule has 116 valence electrons. The minimum absolute atomic E-state index is 0.119. The molecule has 1 N–H and O–H groups in total. The molecule has 1 saturated carbocycles. The van der Waals surface area contributed by atoms with Crippen molar-refractivity contribution in [1.29, 1.82) is 0 Å². The molecule has 0 bridgehead atoms. The summed E-state index contributed by atoms with van der Waals surface area (Å²) in [7, 11) is 3.12. The summed E-state index contributed by atoms with van der Waals surface area (Å²) in [6.45, 7) is 2.83. The number of methoxy groups -OCH3 is 2. The molecule has 7 heteroatoms. The lowest BCUT2D eigenvalue weighted by Crippen LogP contribution is -2.62. The lowest BCUT2D eigenvalue weighted by molar-refractivity contribution is 0.236. The molecule has 1 spiro atoms. The second kappa shape index (κ2) is 6.01. The summed E-state index contributed by atoms with van der Waals surface area (Å²) in [5, 5.41) is 3.53. The first-order valence-electron chi connectivity index (χ1n) is 7.60. The van der Waals surface area contributed by atoms with Gasteiger partial charge in [-0.25, -0.2) is 0 Å². The minimum atomic E-state index is 0.119. The first-order chi connectivity index (χ1) is 10.3. The fraction of sp³-hybridized carbons (Fsp3) is 0.786. The second-order valence-corrected chi connectivity index (χ2v) is 5.72. The van der Waals surface area contributed by atoms with Crippen molar-refractivity contribution < 1.29 is 9.47 Å². The van der Waals surface area contributed by atoms with Crippen LogP contribution in [0, 0.1) is 0 Å². The van der Waals surface area contributed by atoms with Gasteiger partial charge >= 0.3 is 12.0 Å². The Labute approximate surface area is 125 Å². The Hall–Kier alpha value is -1.63. The number of aromatic nitrogens is 3. The zero-order chi connectivity index (χ0) is 14.7. The molecule has 1 aromatic heterocycles. The maximum absolute atomic E-state index is 5.18. The SMILES string of the molecule is COc1nc(OC)nc(N2CCNCC23CCCCC3)n1. The molecule has 2 aliphatic rings. The predicted octanol–water partition coefficient (Wildman–Crippen LogP) is 1.00. The van der Waals surface area contributed by atoms with E-state index in [2.05, 4.69) is 25.2 Å². The molecular weight excluding hydrogens is 270 g/mol. The molecule has 0 amide bonds. The summed E-state index contributed by atoms with van der Waals surface area (Å²) in [6, 6.07) is 0.614. The van der Waals surface area contributed by atoms with E-state index in [0.717, 1.165) is 19.6 Å². The van der Waals surface area contributed by atoms with E-state index in [1.165, 1.54) is 32.1 Å². The van der Waals surface area contributed by atoms with Gasteiger partial charge in [0.1, 0.15) is 0 Å². The third-order valence-corrected chi connectivity index (χ3v) is 4.51. The fourth-order valence-electron chi connectivity index (χ4n) is 3.44. The second-order valence-electron chi connectivity index (χ2n) is 5.72. The van der Waals surface area contributed by atoms with Crippen LogP contribution >= 0.6 is 0 Å². The van der Waals surface area contributed by atoms with E-state index in [4.69, 9.17) is 9.47 Å². The summed E-state index contributed by atoms with van der Waals surface area (Å²) < 4.78 is 10.4. The molecule has 0 radical (unpaired) electrons. The quantitative estimate of drug-likeness (QED) is 0.891. The number of hydrogen-bond donors (Lipinski definition) is 1. The van der Waals surface area contributed by atoms with Gasteiger partial charge in [0.05, 0.1) is 19.8 Å². The van der Waals surface area contributed by atoms with E-state index >= 15 is 0 Å². The van der Waals surface area contributed by atoms with Gasteiger partial charge in [-0.15, -0.1) is 4.98 Å². The average molecular weight is 293 g/mol. The van der Waals surface area contributed by atoms with Crippen molar-refractivity contribution in [2.75, 3.05) is 38.8 Å². The number of nitrogens with one attached hydrogen (secondary N) is 1. The average Bonchev–Trinajstić information content (AvgIpc) is 2.55. The van der Waals surface area contributed by atoms with Crippen LogP contribution in [0.1, 0.15) is 32.1 Å². The Bertz CT molecular complexity index is 460. The number of nitrogens with zero attached hydrogens (tertiary/aromatic N) is 4. The van der Waals surface area contributed by atoms with Crippen LogP contribution in [0.4, 0.5) is 5.95 Å². The number of rotatable bonds is 3. The Balaban J connectivity index is 1.95. The molecule has 1 aliphatic heterocycles. The van der Waals surface area contributed by atoms with Crippen LogP contribution in [0.2, 0.25) is 0 Å². The summed E-state index contributed by atoms with van der Waals surface area (Å²) >= 11 is 0. The van der Waals surface area contributed by atoms with E-state index in [1.54, 1.807) is 14.2 Å². The normalized spacial score (nSPS) is 21.3. The van der Waals surface area contributed by atoms with Gasteiger partial charge in [0.15, 0.2) is 0 Å². The third-order valence-electron chi connectivity index (χ3n) is 4.51. The van der Waals surface area contributed by atoms with Crippen LogP contribution in [0.5, 0.6) is 12.0 Å². The van der Waals surface area contributed by atoms with Crippen LogP contribution < -0.4 is 19.7 Å². The highest BCUT2D eigenvalue weighted by molar-refractivity contribution is 5.39. The van der Waals surface area contributed by atoms with Crippen molar-refractivity contribution in [3.63, 3.8) is 0 Å². The first kappa shape index (κ1) is 14.3. The van der Waals surface area contributed by atoms with Gasteiger partial charge in [-0.3, -0.25) is 0 Å². The third kappa shape index (κ3) is 2.74. The van der Waals surface area contributed by atoms with E-state index < -0.39 is 0 Å². The largest absolute Gasteiger partial charge is 0.467 e. The van der Waals surface area contributed by atoms with Gasteiger partial charge in [-0.2, -0.15) is 9.97 Å². The van der Waals surface area contributed by atoms with Gasteiger partial charge in [0.2, 0.25) is 5.95 Å². The van der Waals surface area contributed by atoms with Gasteiger partial charge < -0.3 is 19.7 Å². The number of hydrogen-bond acceptors (Lipinski definition) is 7. The van der Waals surface area contributed by atoms with Gasteiger partial charge in [-0.05, 0) is 12.8 Å². The lowest BCUT2D eigenvalue weighted by atomic mass is 9.79. The van der Waals surface area contributed by atoms with E-state index in [9.17, 15) is 0 Å². The van der Waals surface area contributed by atoms with E-state index in [0.29, 0.717) is 18.0 Å². The molecule has 1 saturated heterocycles. The molecule has 21 heavy (non-hydrogen) atoms. The fourth-order valence-corrected chi connectivity index (χ4v) is 3.44. The molecule has 2 fully saturated rings. The molecule has 3 rings (SSSR count). The van der Waals surface area contributed by atoms with Crippen LogP contribution in [0.3, 0.4) is 0 Å². The summed E-state index contributed by atoms with van der Waals surface area (Å²) in [5.41, 5.74) is 0.119. The summed E-state index contributed by atoms with van der Waals surface area (Å²) in [5.74, 6) is 0.669. The van der Waals surface area contributed by atoms with Crippen molar-refractivity contribution in [1.82, 2.24) is 20.3 Å². The van der Waals surface area contributed by atoms with Crippen LogP contribution in [-0.4, -0.2) is 54.3 Å². The maximum atomic E-state index is 5.18. The highest BCUT2D eigenvalue weighted by Gasteiger charge is 2.41. The maximum Gasteiger partial charge on any atom is 0.324 e. The highest BCUT2D eigenvalue weighted by atomic mass is 16.5. The highest BCUT2D eigenvalue weighted by Crippen LogP contribution is 2.37. The Kier molecular flexibility index (Phi) is 4.10. The standard InChI is InChI=1S/C14H23N5O2/c1-20-12-16-11(17-13(18-12)21-2)19-9-8-15-10-14(19)6-4-3-5-7-14/h15H,3-10H2,1-2H3. The van der Waals surface area contributed by atoms with Crippen LogP contribution in [-0.2, 0) is 0 Å².